The lowest BCUT2D eigenvalue weighted by molar-refractivity contribution is 0.00578. The first-order valence-corrected chi connectivity index (χ1v) is 8.05. The zero-order chi connectivity index (χ0) is 16.4. The fourth-order valence-electron chi connectivity index (χ4n) is 2.22. The van der Waals surface area contributed by atoms with Crippen LogP contribution in [0.1, 0.15) is 38.8 Å². The molecule has 0 aromatic heterocycles. The zero-order valence-electron chi connectivity index (χ0n) is 13.6. The van der Waals surface area contributed by atoms with Gasteiger partial charge in [-0.2, -0.15) is 17.9 Å². The summed E-state index contributed by atoms with van der Waals surface area (Å²) >= 11 is 4.42. The van der Waals surface area contributed by atoms with Crippen molar-refractivity contribution in [1.82, 2.24) is 0 Å². The van der Waals surface area contributed by atoms with E-state index in [0.29, 0.717) is 12.2 Å². The smallest absolute Gasteiger partial charge is 0.400 e. The largest absolute Gasteiger partial charge is 0.491 e. The summed E-state index contributed by atoms with van der Waals surface area (Å²) in [5.74, 6) is 0.566. The van der Waals surface area contributed by atoms with Gasteiger partial charge in [-0.1, -0.05) is 30.3 Å². The third-order valence-corrected chi connectivity index (χ3v) is 4.72. The van der Waals surface area contributed by atoms with Gasteiger partial charge in [0.25, 0.3) is 0 Å². The lowest BCUT2D eigenvalue weighted by Crippen LogP contribution is -2.41. The Balaban J connectivity index is 2.20. The first-order chi connectivity index (χ1) is 10.3. The third kappa shape index (κ3) is 3.57. The predicted molar refractivity (Wildman–Crippen MR) is 93.7 cm³/mol. The van der Waals surface area contributed by atoms with Crippen molar-refractivity contribution in [3.05, 3.63) is 40.9 Å². The second-order valence-electron chi connectivity index (χ2n) is 6.54. The Kier molecular flexibility index (Phi) is 5.06. The van der Waals surface area contributed by atoms with Gasteiger partial charge in [-0.05, 0) is 44.3 Å². The average Bonchev–Trinajstić information content (AvgIpc) is 2.67. The number of benzene rings is 1. The SMILES string of the molecule is CC1(C)OB(C(=Cc2ccc(CC#N)cc2)CS)OC1(C)C. The molecule has 5 heteroatoms. The van der Waals surface area contributed by atoms with Crippen LogP contribution in [0.25, 0.3) is 6.08 Å². The fraction of sp³-hybridized carbons (Fsp3) is 0.471. The molecule has 1 aromatic rings. The van der Waals surface area contributed by atoms with Crippen LogP contribution in [0.5, 0.6) is 0 Å². The van der Waals surface area contributed by atoms with Gasteiger partial charge < -0.3 is 9.31 Å². The lowest BCUT2D eigenvalue weighted by atomic mass is 9.78. The Labute approximate surface area is 138 Å². The summed E-state index contributed by atoms with van der Waals surface area (Å²) in [5.41, 5.74) is 2.37. The number of rotatable bonds is 4. The molecule has 0 spiro atoms. The highest BCUT2D eigenvalue weighted by atomic mass is 32.1. The van der Waals surface area contributed by atoms with E-state index < -0.39 is 0 Å². The van der Waals surface area contributed by atoms with E-state index in [-0.39, 0.29) is 18.3 Å². The fourth-order valence-corrected chi connectivity index (χ4v) is 2.46. The molecule has 1 saturated heterocycles. The molecular weight excluding hydrogens is 293 g/mol. The number of hydrogen-bond donors (Lipinski definition) is 1. The minimum Gasteiger partial charge on any atom is -0.400 e. The van der Waals surface area contributed by atoms with Crippen molar-refractivity contribution in [2.75, 3.05) is 5.75 Å². The summed E-state index contributed by atoms with van der Waals surface area (Å²) in [6, 6.07) is 10.1. The number of nitrogens with zero attached hydrogens (tertiary/aromatic N) is 1. The maximum absolute atomic E-state index is 8.71. The summed E-state index contributed by atoms with van der Waals surface area (Å²) in [6.45, 7) is 8.17. The molecular formula is C17H22BNO2S. The molecule has 1 aliphatic heterocycles. The summed E-state index contributed by atoms with van der Waals surface area (Å²) in [5, 5.41) is 8.71. The van der Waals surface area contributed by atoms with E-state index in [1.54, 1.807) is 0 Å². The van der Waals surface area contributed by atoms with Crippen LogP contribution in [-0.2, 0) is 15.7 Å². The molecule has 0 saturated carbocycles. The Morgan fingerprint density at radius 1 is 1.18 bits per heavy atom. The van der Waals surface area contributed by atoms with Crippen LogP contribution in [0.2, 0.25) is 0 Å². The van der Waals surface area contributed by atoms with E-state index in [0.717, 1.165) is 16.6 Å². The Bertz CT molecular complexity index is 586. The topological polar surface area (TPSA) is 42.2 Å². The van der Waals surface area contributed by atoms with Crippen LogP contribution >= 0.6 is 12.6 Å². The summed E-state index contributed by atoms with van der Waals surface area (Å²) in [6.07, 6.45) is 2.48. The minimum atomic E-state index is -0.374. The van der Waals surface area contributed by atoms with E-state index in [1.807, 2.05) is 58.0 Å². The highest BCUT2D eigenvalue weighted by Gasteiger charge is 2.52. The molecule has 0 N–H and O–H groups in total. The van der Waals surface area contributed by atoms with Gasteiger partial charge in [0.1, 0.15) is 0 Å². The molecule has 3 nitrogen and oxygen atoms in total. The molecule has 2 rings (SSSR count). The maximum Gasteiger partial charge on any atom is 0.491 e. The molecule has 22 heavy (non-hydrogen) atoms. The molecule has 0 radical (unpaired) electrons. The van der Waals surface area contributed by atoms with Crippen molar-refractivity contribution in [2.45, 2.75) is 45.3 Å². The van der Waals surface area contributed by atoms with Crippen molar-refractivity contribution in [2.24, 2.45) is 0 Å². The van der Waals surface area contributed by atoms with Crippen molar-refractivity contribution in [3.8, 4) is 6.07 Å². The van der Waals surface area contributed by atoms with E-state index in [9.17, 15) is 0 Å². The highest BCUT2D eigenvalue weighted by Crippen LogP contribution is 2.39. The minimum absolute atomic E-state index is 0.351. The van der Waals surface area contributed by atoms with Gasteiger partial charge in [-0.25, -0.2) is 0 Å². The molecule has 1 heterocycles. The van der Waals surface area contributed by atoms with Crippen molar-refractivity contribution < 1.29 is 9.31 Å². The molecule has 0 aliphatic carbocycles. The van der Waals surface area contributed by atoms with Crippen molar-refractivity contribution >= 4 is 25.8 Å². The van der Waals surface area contributed by atoms with E-state index in [1.165, 1.54) is 0 Å². The molecule has 0 amide bonds. The molecule has 0 unspecified atom stereocenters. The quantitative estimate of drug-likeness (QED) is 0.680. The Morgan fingerprint density at radius 2 is 1.73 bits per heavy atom. The van der Waals surface area contributed by atoms with Crippen LogP contribution in [0, 0.1) is 11.3 Å². The van der Waals surface area contributed by atoms with Gasteiger partial charge >= 0.3 is 7.12 Å². The van der Waals surface area contributed by atoms with Crippen molar-refractivity contribution in [3.63, 3.8) is 0 Å². The van der Waals surface area contributed by atoms with Crippen LogP contribution in [0.4, 0.5) is 0 Å². The highest BCUT2D eigenvalue weighted by molar-refractivity contribution is 7.80. The summed E-state index contributed by atoms with van der Waals surface area (Å²) in [7, 11) is -0.374. The first-order valence-electron chi connectivity index (χ1n) is 7.42. The maximum atomic E-state index is 8.71. The number of thiol groups is 1. The standard InChI is InChI=1S/C17H22BNO2S/c1-16(2)17(3,4)21-18(20-16)15(12-22)11-14-7-5-13(6-8-14)9-10-19/h5-8,11,22H,9,12H2,1-4H3. The molecule has 1 aliphatic rings. The molecule has 0 atom stereocenters. The zero-order valence-corrected chi connectivity index (χ0v) is 14.5. The van der Waals surface area contributed by atoms with Gasteiger partial charge in [0.15, 0.2) is 0 Å². The first kappa shape index (κ1) is 17.1. The van der Waals surface area contributed by atoms with Gasteiger partial charge in [-0.3, -0.25) is 0 Å². The molecule has 0 bridgehead atoms. The second kappa shape index (κ2) is 6.50. The average molecular weight is 315 g/mol. The van der Waals surface area contributed by atoms with Crippen molar-refractivity contribution in [1.29, 1.82) is 5.26 Å². The molecule has 116 valence electrons. The van der Waals surface area contributed by atoms with Crippen LogP contribution in [-0.4, -0.2) is 24.1 Å². The second-order valence-corrected chi connectivity index (χ2v) is 6.86. The lowest BCUT2D eigenvalue weighted by Gasteiger charge is -2.32. The van der Waals surface area contributed by atoms with Crippen LogP contribution < -0.4 is 0 Å². The summed E-state index contributed by atoms with van der Waals surface area (Å²) in [4.78, 5) is 0. The monoisotopic (exact) mass is 315 g/mol. The Morgan fingerprint density at radius 3 is 2.18 bits per heavy atom. The number of nitriles is 1. The van der Waals surface area contributed by atoms with E-state index in [2.05, 4.69) is 18.7 Å². The van der Waals surface area contributed by atoms with Gasteiger partial charge in [0.2, 0.25) is 0 Å². The van der Waals surface area contributed by atoms with Gasteiger partial charge in [0, 0.05) is 5.75 Å². The van der Waals surface area contributed by atoms with Gasteiger partial charge in [0.05, 0.1) is 23.7 Å². The normalized spacial score (nSPS) is 20.0. The van der Waals surface area contributed by atoms with Crippen LogP contribution in [0.3, 0.4) is 0 Å². The summed E-state index contributed by atoms with van der Waals surface area (Å²) < 4.78 is 12.1. The number of hydrogen-bond acceptors (Lipinski definition) is 4. The van der Waals surface area contributed by atoms with Gasteiger partial charge in [-0.15, -0.1) is 0 Å². The van der Waals surface area contributed by atoms with Crippen LogP contribution in [0.15, 0.2) is 29.7 Å². The van der Waals surface area contributed by atoms with E-state index >= 15 is 0 Å². The third-order valence-electron chi connectivity index (χ3n) is 4.35. The van der Waals surface area contributed by atoms with E-state index in [4.69, 9.17) is 14.6 Å². The molecule has 1 fully saturated rings. The Hall–Kier alpha value is -1.22. The molecule has 1 aromatic carbocycles. The predicted octanol–water partition coefficient (Wildman–Crippen LogP) is 3.70.